The van der Waals surface area contributed by atoms with Crippen LogP contribution in [0.3, 0.4) is 0 Å². The molecule has 0 radical (unpaired) electrons. The van der Waals surface area contributed by atoms with Crippen molar-refractivity contribution in [1.29, 1.82) is 0 Å². The van der Waals surface area contributed by atoms with Crippen molar-refractivity contribution in [2.24, 2.45) is 5.92 Å². The van der Waals surface area contributed by atoms with Gasteiger partial charge >= 0.3 is 5.97 Å². The highest BCUT2D eigenvalue weighted by atomic mass is 16.5. The number of ether oxygens (including phenoxy) is 2. The van der Waals surface area contributed by atoms with Crippen LogP contribution in [0, 0.1) is 5.92 Å². The summed E-state index contributed by atoms with van der Waals surface area (Å²) in [7, 11) is 1.93. The van der Waals surface area contributed by atoms with Crippen molar-refractivity contribution in [3.63, 3.8) is 0 Å². The third-order valence-corrected chi connectivity index (χ3v) is 3.07. The molecular formula is C14H28N2O3. The molecule has 0 aromatic rings. The van der Waals surface area contributed by atoms with E-state index in [1.54, 1.807) is 0 Å². The molecule has 1 saturated heterocycles. The number of rotatable bonds is 7. The van der Waals surface area contributed by atoms with E-state index in [-0.39, 0.29) is 12.1 Å². The van der Waals surface area contributed by atoms with Crippen molar-refractivity contribution in [3.05, 3.63) is 0 Å². The molecule has 1 aliphatic rings. The fraction of sp³-hybridized carbons (Fsp3) is 0.929. The Bertz CT molecular complexity index is 271. The zero-order chi connectivity index (χ0) is 14.3. The van der Waals surface area contributed by atoms with Gasteiger partial charge in [0, 0.05) is 26.2 Å². The first kappa shape index (κ1) is 16.4. The van der Waals surface area contributed by atoms with E-state index >= 15 is 0 Å². The summed E-state index contributed by atoms with van der Waals surface area (Å²) in [5.41, 5.74) is 0. The van der Waals surface area contributed by atoms with E-state index in [2.05, 4.69) is 18.7 Å². The fourth-order valence-electron chi connectivity index (χ4n) is 2.41. The van der Waals surface area contributed by atoms with Gasteiger partial charge in [-0.05, 0) is 19.9 Å². The van der Waals surface area contributed by atoms with Gasteiger partial charge in [-0.3, -0.25) is 14.6 Å². The van der Waals surface area contributed by atoms with Gasteiger partial charge in [0.15, 0.2) is 0 Å². The van der Waals surface area contributed by atoms with Crippen LogP contribution in [-0.4, -0.2) is 74.9 Å². The third kappa shape index (κ3) is 6.89. The molecular weight excluding hydrogens is 244 g/mol. The third-order valence-electron chi connectivity index (χ3n) is 3.07. The summed E-state index contributed by atoms with van der Waals surface area (Å²) < 4.78 is 10.7. The number of nitrogens with zero attached hydrogens (tertiary/aromatic N) is 2. The van der Waals surface area contributed by atoms with E-state index in [0.29, 0.717) is 19.1 Å². The molecule has 0 saturated carbocycles. The molecule has 0 spiro atoms. The van der Waals surface area contributed by atoms with Crippen LogP contribution in [-0.2, 0) is 14.3 Å². The Balaban J connectivity index is 2.29. The Kier molecular flexibility index (Phi) is 7.34. The Hall–Kier alpha value is -0.650. The van der Waals surface area contributed by atoms with E-state index in [4.69, 9.17) is 9.47 Å². The summed E-state index contributed by atoms with van der Waals surface area (Å²) in [4.78, 5) is 15.8. The van der Waals surface area contributed by atoms with Gasteiger partial charge in [0.05, 0.1) is 25.9 Å². The zero-order valence-corrected chi connectivity index (χ0v) is 12.7. The SMILES string of the molecule is CCOC(=O)CN(C)CC1CN(CC(C)C)CCO1. The standard InChI is InChI=1S/C14H28N2O3/c1-5-18-14(17)11-15(4)9-13-10-16(6-7-19-13)8-12(2)3/h12-13H,5-11H2,1-4H3. The Labute approximate surface area is 116 Å². The second kappa shape index (κ2) is 8.51. The van der Waals surface area contributed by atoms with Gasteiger partial charge < -0.3 is 9.47 Å². The molecule has 5 nitrogen and oxygen atoms in total. The predicted octanol–water partition coefficient (Wildman–Crippen LogP) is 0.838. The van der Waals surface area contributed by atoms with Gasteiger partial charge in [-0.25, -0.2) is 0 Å². The van der Waals surface area contributed by atoms with Crippen molar-refractivity contribution in [2.45, 2.75) is 26.9 Å². The maximum atomic E-state index is 11.4. The first-order valence-electron chi connectivity index (χ1n) is 7.19. The summed E-state index contributed by atoms with van der Waals surface area (Å²) in [5, 5.41) is 0. The predicted molar refractivity (Wildman–Crippen MR) is 75.1 cm³/mol. The number of carbonyl (C=O) groups is 1. The van der Waals surface area contributed by atoms with Crippen LogP contribution in [0.1, 0.15) is 20.8 Å². The van der Waals surface area contributed by atoms with Gasteiger partial charge in [-0.2, -0.15) is 0 Å². The lowest BCUT2D eigenvalue weighted by Gasteiger charge is -2.35. The molecule has 1 fully saturated rings. The van der Waals surface area contributed by atoms with E-state index in [1.807, 2.05) is 18.9 Å². The second-order valence-corrected chi connectivity index (χ2v) is 5.65. The lowest BCUT2D eigenvalue weighted by atomic mass is 10.1. The van der Waals surface area contributed by atoms with Gasteiger partial charge in [-0.15, -0.1) is 0 Å². The van der Waals surface area contributed by atoms with Crippen molar-refractivity contribution in [2.75, 3.05) is 53.0 Å². The Morgan fingerprint density at radius 3 is 2.89 bits per heavy atom. The molecule has 0 amide bonds. The number of hydrogen-bond donors (Lipinski definition) is 0. The number of morpholine rings is 1. The summed E-state index contributed by atoms with van der Waals surface area (Å²) in [6.07, 6.45) is 0.187. The smallest absolute Gasteiger partial charge is 0.320 e. The highest BCUT2D eigenvalue weighted by Crippen LogP contribution is 2.09. The van der Waals surface area contributed by atoms with Crippen LogP contribution in [0.4, 0.5) is 0 Å². The molecule has 0 aromatic carbocycles. The minimum absolute atomic E-state index is 0.167. The average Bonchev–Trinajstić information content (AvgIpc) is 2.28. The molecule has 0 N–H and O–H groups in total. The van der Waals surface area contributed by atoms with E-state index in [0.717, 1.165) is 32.8 Å². The van der Waals surface area contributed by atoms with Crippen LogP contribution in [0.2, 0.25) is 0 Å². The second-order valence-electron chi connectivity index (χ2n) is 5.65. The number of likely N-dealkylation sites (N-methyl/N-ethyl adjacent to an activating group) is 1. The van der Waals surface area contributed by atoms with Crippen LogP contribution >= 0.6 is 0 Å². The summed E-state index contributed by atoms with van der Waals surface area (Å²) in [6, 6.07) is 0. The summed E-state index contributed by atoms with van der Waals surface area (Å²) in [5.74, 6) is 0.510. The zero-order valence-electron chi connectivity index (χ0n) is 12.7. The van der Waals surface area contributed by atoms with E-state index in [1.165, 1.54) is 0 Å². The molecule has 112 valence electrons. The molecule has 5 heteroatoms. The van der Waals surface area contributed by atoms with Crippen molar-refractivity contribution in [1.82, 2.24) is 9.80 Å². The molecule has 1 heterocycles. The summed E-state index contributed by atoms with van der Waals surface area (Å²) >= 11 is 0. The van der Waals surface area contributed by atoms with E-state index in [9.17, 15) is 4.79 Å². The topological polar surface area (TPSA) is 42.0 Å². The van der Waals surface area contributed by atoms with Crippen LogP contribution in [0.25, 0.3) is 0 Å². The monoisotopic (exact) mass is 272 g/mol. The number of esters is 1. The minimum Gasteiger partial charge on any atom is -0.465 e. The van der Waals surface area contributed by atoms with Gasteiger partial charge in [0.2, 0.25) is 0 Å². The van der Waals surface area contributed by atoms with Crippen molar-refractivity contribution >= 4 is 5.97 Å². The number of hydrogen-bond acceptors (Lipinski definition) is 5. The minimum atomic E-state index is -0.167. The highest BCUT2D eigenvalue weighted by Gasteiger charge is 2.22. The molecule has 1 rings (SSSR count). The fourth-order valence-corrected chi connectivity index (χ4v) is 2.41. The highest BCUT2D eigenvalue weighted by molar-refractivity contribution is 5.71. The van der Waals surface area contributed by atoms with Crippen molar-refractivity contribution in [3.8, 4) is 0 Å². The Morgan fingerprint density at radius 2 is 2.26 bits per heavy atom. The van der Waals surface area contributed by atoms with E-state index < -0.39 is 0 Å². The largest absolute Gasteiger partial charge is 0.465 e. The molecule has 0 bridgehead atoms. The van der Waals surface area contributed by atoms with Crippen LogP contribution < -0.4 is 0 Å². The maximum Gasteiger partial charge on any atom is 0.320 e. The molecule has 1 atom stereocenters. The summed E-state index contributed by atoms with van der Waals surface area (Å²) in [6.45, 7) is 11.7. The lowest BCUT2D eigenvalue weighted by Crippen LogP contribution is -2.48. The maximum absolute atomic E-state index is 11.4. The van der Waals surface area contributed by atoms with Gasteiger partial charge in [0.25, 0.3) is 0 Å². The van der Waals surface area contributed by atoms with Crippen LogP contribution in [0.15, 0.2) is 0 Å². The quantitative estimate of drug-likeness (QED) is 0.642. The molecule has 0 aromatic heterocycles. The molecule has 1 aliphatic heterocycles. The lowest BCUT2D eigenvalue weighted by molar-refractivity contribution is -0.144. The molecule has 1 unspecified atom stereocenters. The molecule has 0 aliphatic carbocycles. The Morgan fingerprint density at radius 1 is 1.53 bits per heavy atom. The van der Waals surface area contributed by atoms with Gasteiger partial charge in [0.1, 0.15) is 0 Å². The molecule has 19 heavy (non-hydrogen) atoms. The normalized spacial score (nSPS) is 21.1. The van der Waals surface area contributed by atoms with Gasteiger partial charge in [-0.1, -0.05) is 13.8 Å². The number of carbonyl (C=O) groups excluding carboxylic acids is 1. The first-order chi connectivity index (χ1) is 9.01. The van der Waals surface area contributed by atoms with Crippen LogP contribution in [0.5, 0.6) is 0 Å². The first-order valence-corrected chi connectivity index (χ1v) is 7.19. The van der Waals surface area contributed by atoms with Crippen molar-refractivity contribution < 1.29 is 14.3 Å². The average molecular weight is 272 g/mol.